The maximum Gasteiger partial charge on any atom is 0.191 e. The summed E-state index contributed by atoms with van der Waals surface area (Å²) < 4.78 is 5.70. The topological polar surface area (TPSA) is 45.7 Å². The lowest BCUT2D eigenvalue weighted by Gasteiger charge is -2.12. The van der Waals surface area contributed by atoms with Crippen molar-refractivity contribution in [1.29, 1.82) is 0 Å². The van der Waals surface area contributed by atoms with Gasteiger partial charge >= 0.3 is 0 Å². The molecule has 0 aliphatic carbocycles. The zero-order valence-corrected chi connectivity index (χ0v) is 16.9. The van der Waals surface area contributed by atoms with Crippen LogP contribution in [0, 0.1) is 13.8 Å². The minimum Gasteiger partial charge on any atom is -0.492 e. The van der Waals surface area contributed by atoms with Crippen molar-refractivity contribution in [3.05, 3.63) is 51.7 Å². The van der Waals surface area contributed by atoms with Crippen LogP contribution in [0.1, 0.15) is 15.3 Å². The Balaban J connectivity index is 0.00000264. The first-order valence-corrected chi connectivity index (χ1v) is 8.18. The number of benzene rings is 1. The second-order valence-corrected chi connectivity index (χ2v) is 6.40. The summed E-state index contributed by atoms with van der Waals surface area (Å²) in [5.41, 5.74) is 1.20. The van der Waals surface area contributed by atoms with Gasteiger partial charge < -0.3 is 15.4 Å². The van der Waals surface area contributed by atoms with Crippen molar-refractivity contribution in [2.75, 3.05) is 20.2 Å². The molecule has 0 bridgehead atoms. The highest BCUT2D eigenvalue weighted by Crippen LogP contribution is 2.14. The van der Waals surface area contributed by atoms with Crippen LogP contribution in [0.15, 0.2) is 41.4 Å². The Morgan fingerprint density at radius 2 is 2.00 bits per heavy atom. The first-order chi connectivity index (χ1) is 10.7. The molecule has 0 amide bonds. The molecule has 2 aromatic rings. The van der Waals surface area contributed by atoms with Crippen LogP contribution in [0.4, 0.5) is 0 Å². The van der Waals surface area contributed by atoms with Crippen LogP contribution >= 0.6 is 35.3 Å². The lowest BCUT2D eigenvalue weighted by molar-refractivity contribution is 0.321. The summed E-state index contributed by atoms with van der Waals surface area (Å²) in [6.45, 7) is 6.27. The minimum atomic E-state index is 0. The Kier molecular flexibility index (Phi) is 9.01. The summed E-state index contributed by atoms with van der Waals surface area (Å²) in [5.74, 6) is 1.69. The Morgan fingerprint density at radius 3 is 2.65 bits per heavy atom. The van der Waals surface area contributed by atoms with E-state index in [-0.39, 0.29) is 24.0 Å². The summed E-state index contributed by atoms with van der Waals surface area (Å²) in [5, 5.41) is 6.55. The standard InChI is InChI=1S/C17H23N3OS.HI/c1-13-5-4-6-15(11-13)21-10-9-19-17(18-3)20-12-16-8-7-14(2)22-16;/h4-8,11H,9-10,12H2,1-3H3,(H2,18,19,20);1H. The fourth-order valence-electron chi connectivity index (χ4n) is 2.02. The van der Waals surface area contributed by atoms with Crippen LogP contribution in [-0.4, -0.2) is 26.2 Å². The predicted octanol–water partition coefficient (Wildman–Crippen LogP) is 3.73. The highest BCUT2D eigenvalue weighted by atomic mass is 127. The molecule has 1 aromatic heterocycles. The van der Waals surface area contributed by atoms with E-state index in [0.29, 0.717) is 13.2 Å². The van der Waals surface area contributed by atoms with Crippen LogP contribution < -0.4 is 15.4 Å². The average molecular weight is 445 g/mol. The summed E-state index contributed by atoms with van der Waals surface area (Å²) >= 11 is 1.80. The number of hydrogen-bond donors (Lipinski definition) is 2. The van der Waals surface area contributed by atoms with Crippen molar-refractivity contribution in [3.63, 3.8) is 0 Å². The minimum absolute atomic E-state index is 0. The molecule has 0 spiro atoms. The van der Waals surface area contributed by atoms with E-state index in [1.807, 2.05) is 18.2 Å². The van der Waals surface area contributed by atoms with E-state index in [1.165, 1.54) is 15.3 Å². The summed E-state index contributed by atoms with van der Waals surface area (Å²) in [6.07, 6.45) is 0. The third kappa shape index (κ3) is 7.22. The number of halogens is 1. The fourth-order valence-corrected chi connectivity index (χ4v) is 2.85. The fraction of sp³-hybridized carbons (Fsp3) is 0.353. The molecule has 0 aliphatic heterocycles. The van der Waals surface area contributed by atoms with Crippen molar-refractivity contribution in [1.82, 2.24) is 10.6 Å². The van der Waals surface area contributed by atoms with E-state index in [1.54, 1.807) is 18.4 Å². The molecule has 4 nitrogen and oxygen atoms in total. The molecule has 1 heterocycles. The van der Waals surface area contributed by atoms with E-state index in [9.17, 15) is 0 Å². The summed E-state index contributed by atoms with van der Waals surface area (Å²) in [6, 6.07) is 12.3. The maximum atomic E-state index is 5.70. The van der Waals surface area contributed by atoms with E-state index >= 15 is 0 Å². The van der Waals surface area contributed by atoms with Crippen molar-refractivity contribution >= 4 is 41.3 Å². The first-order valence-electron chi connectivity index (χ1n) is 7.36. The molecule has 126 valence electrons. The molecule has 0 aliphatic rings. The van der Waals surface area contributed by atoms with E-state index < -0.39 is 0 Å². The van der Waals surface area contributed by atoms with Crippen molar-refractivity contribution < 1.29 is 4.74 Å². The van der Waals surface area contributed by atoms with Gasteiger partial charge in [-0.05, 0) is 43.7 Å². The lowest BCUT2D eigenvalue weighted by atomic mass is 10.2. The quantitative estimate of drug-likeness (QED) is 0.308. The molecule has 2 rings (SSSR count). The SMILES string of the molecule is CN=C(NCCOc1cccc(C)c1)NCc1ccc(C)s1.I. The molecule has 0 radical (unpaired) electrons. The van der Waals surface area contributed by atoms with Crippen LogP contribution in [0.5, 0.6) is 5.75 Å². The van der Waals surface area contributed by atoms with Crippen molar-refractivity contribution in [2.24, 2.45) is 4.99 Å². The van der Waals surface area contributed by atoms with Crippen LogP contribution in [0.2, 0.25) is 0 Å². The van der Waals surface area contributed by atoms with Gasteiger partial charge in [0, 0.05) is 16.8 Å². The van der Waals surface area contributed by atoms with Gasteiger partial charge in [0.15, 0.2) is 5.96 Å². The second kappa shape index (κ2) is 10.5. The van der Waals surface area contributed by atoms with Gasteiger partial charge in [0.2, 0.25) is 0 Å². The molecular weight excluding hydrogens is 421 g/mol. The number of nitrogens with zero attached hydrogens (tertiary/aromatic N) is 1. The molecule has 2 N–H and O–H groups in total. The molecule has 0 fully saturated rings. The lowest BCUT2D eigenvalue weighted by Crippen LogP contribution is -2.38. The number of aliphatic imine (C=N–C) groups is 1. The monoisotopic (exact) mass is 445 g/mol. The van der Waals surface area contributed by atoms with Crippen molar-refractivity contribution in [2.45, 2.75) is 20.4 Å². The number of nitrogens with one attached hydrogen (secondary N) is 2. The molecule has 0 saturated heterocycles. The number of aryl methyl sites for hydroxylation is 2. The largest absolute Gasteiger partial charge is 0.492 e. The maximum absolute atomic E-state index is 5.70. The Morgan fingerprint density at radius 1 is 1.17 bits per heavy atom. The first kappa shape index (κ1) is 19.8. The molecule has 0 saturated carbocycles. The third-order valence-electron chi connectivity index (χ3n) is 3.10. The smallest absolute Gasteiger partial charge is 0.191 e. The summed E-state index contributed by atoms with van der Waals surface area (Å²) in [7, 11) is 1.77. The van der Waals surface area contributed by atoms with Crippen LogP contribution in [0.3, 0.4) is 0 Å². The van der Waals surface area contributed by atoms with Gasteiger partial charge in [0.1, 0.15) is 12.4 Å². The normalized spacial score (nSPS) is 10.8. The highest BCUT2D eigenvalue weighted by molar-refractivity contribution is 14.0. The molecule has 0 unspecified atom stereocenters. The van der Waals surface area contributed by atoms with E-state index in [2.05, 4.69) is 47.7 Å². The molecule has 6 heteroatoms. The number of hydrogen-bond acceptors (Lipinski definition) is 3. The van der Waals surface area contributed by atoms with Gasteiger partial charge in [-0.25, -0.2) is 0 Å². The molecule has 0 atom stereocenters. The molecular formula is C17H24IN3OS. The van der Waals surface area contributed by atoms with Gasteiger partial charge in [0.25, 0.3) is 0 Å². The summed E-state index contributed by atoms with van der Waals surface area (Å²) in [4.78, 5) is 6.84. The average Bonchev–Trinajstić information content (AvgIpc) is 2.92. The van der Waals surface area contributed by atoms with Crippen LogP contribution in [0.25, 0.3) is 0 Å². The predicted molar refractivity (Wildman–Crippen MR) is 109 cm³/mol. The Hall–Kier alpha value is -1.28. The number of guanidine groups is 1. The number of rotatable bonds is 6. The third-order valence-corrected chi connectivity index (χ3v) is 4.10. The Labute approximate surface area is 159 Å². The second-order valence-electron chi connectivity index (χ2n) is 5.03. The van der Waals surface area contributed by atoms with Gasteiger partial charge in [-0.3, -0.25) is 4.99 Å². The van der Waals surface area contributed by atoms with Crippen molar-refractivity contribution in [3.8, 4) is 5.75 Å². The zero-order valence-electron chi connectivity index (χ0n) is 13.8. The Bertz CT molecular complexity index is 628. The molecule has 1 aromatic carbocycles. The van der Waals surface area contributed by atoms with Gasteiger partial charge in [-0.1, -0.05) is 12.1 Å². The van der Waals surface area contributed by atoms with Crippen LogP contribution in [-0.2, 0) is 6.54 Å². The van der Waals surface area contributed by atoms with E-state index in [4.69, 9.17) is 4.74 Å². The number of thiophene rings is 1. The number of ether oxygens (including phenoxy) is 1. The van der Waals surface area contributed by atoms with Gasteiger partial charge in [-0.15, -0.1) is 35.3 Å². The zero-order chi connectivity index (χ0) is 15.8. The van der Waals surface area contributed by atoms with Gasteiger partial charge in [-0.2, -0.15) is 0 Å². The van der Waals surface area contributed by atoms with E-state index in [0.717, 1.165) is 18.3 Å². The molecule has 23 heavy (non-hydrogen) atoms. The highest BCUT2D eigenvalue weighted by Gasteiger charge is 2.00. The van der Waals surface area contributed by atoms with Gasteiger partial charge in [0.05, 0.1) is 13.1 Å².